The lowest BCUT2D eigenvalue weighted by Crippen LogP contribution is -2.21. The number of benzene rings is 1. The molecule has 0 aliphatic carbocycles. The second-order valence-electron chi connectivity index (χ2n) is 5.42. The van der Waals surface area contributed by atoms with Gasteiger partial charge in [-0.15, -0.1) is 0 Å². The summed E-state index contributed by atoms with van der Waals surface area (Å²) in [4.78, 5) is 0.134. The van der Waals surface area contributed by atoms with Crippen molar-refractivity contribution in [3.05, 3.63) is 47.3 Å². The monoisotopic (exact) mass is 322 g/mol. The van der Waals surface area contributed by atoms with E-state index in [-0.39, 0.29) is 10.9 Å². The Kier molecular flexibility index (Phi) is 5.00. The molecule has 0 bridgehead atoms. The van der Waals surface area contributed by atoms with E-state index in [4.69, 9.17) is 5.14 Å². The SMILES string of the molecule is Cc1c(CCN[C@@H](C)c2ccc(S(N)(=O)=O)cc2)cnn1C. The molecule has 0 amide bonds. The standard InChI is InChI=1S/C15H22N4O2S/c1-11(13-4-6-15(7-5-13)22(16,20)21)17-9-8-14-10-18-19(3)12(14)2/h4-7,10-11,17H,8-9H2,1-3H3,(H2,16,20,21)/t11-/m0/s1. The van der Waals surface area contributed by atoms with E-state index in [1.807, 2.05) is 24.9 Å². The highest BCUT2D eigenvalue weighted by Gasteiger charge is 2.10. The fourth-order valence-corrected chi connectivity index (χ4v) is 2.79. The maximum absolute atomic E-state index is 11.2. The second-order valence-corrected chi connectivity index (χ2v) is 6.98. The molecule has 22 heavy (non-hydrogen) atoms. The Morgan fingerprint density at radius 1 is 1.32 bits per heavy atom. The van der Waals surface area contributed by atoms with Gasteiger partial charge in [0.25, 0.3) is 0 Å². The lowest BCUT2D eigenvalue weighted by atomic mass is 10.1. The van der Waals surface area contributed by atoms with Gasteiger partial charge in [-0.1, -0.05) is 12.1 Å². The van der Waals surface area contributed by atoms with Crippen molar-refractivity contribution in [3.63, 3.8) is 0 Å². The van der Waals surface area contributed by atoms with Crippen molar-refractivity contribution in [2.24, 2.45) is 12.2 Å². The van der Waals surface area contributed by atoms with Crippen LogP contribution >= 0.6 is 0 Å². The van der Waals surface area contributed by atoms with Crippen LogP contribution in [-0.2, 0) is 23.5 Å². The maximum Gasteiger partial charge on any atom is 0.238 e. The molecule has 2 aromatic rings. The van der Waals surface area contributed by atoms with Gasteiger partial charge in [-0.3, -0.25) is 4.68 Å². The predicted molar refractivity (Wildman–Crippen MR) is 85.9 cm³/mol. The summed E-state index contributed by atoms with van der Waals surface area (Å²) in [7, 11) is -1.70. The fourth-order valence-electron chi connectivity index (χ4n) is 2.28. The second kappa shape index (κ2) is 6.60. The van der Waals surface area contributed by atoms with Gasteiger partial charge in [-0.25, -0.2) is 13.6 Å². The van der Waals surface area contributed by atoms with Crippen LogP contribution < -0.4 is 10.5 Å². The first-order valence-corrected chi connectivity index (χ1v) is 8.67. The molecule has 0 saturated carbocycles. The van der Waals surface area contributed by atoms with E-state index in [0.29, 0.717) is 0 Å². The molecule has 6 nitrogen and oxygen atoms in total. The summed E-state index contributed by atoms with van der Waals surface area (Å²) >= 11 is 0. The Balaban J connectivity index is 1.92. The van der Waals surface area contributed by atoms with Gasteiger partial charge in [-0.05, 0) is 50.1 Å². The fraction of sp³-hybridized carbons (Fsp3) is 0.400. The number of nitrogens with two attached hydrogens (primary N) is 1. The number of sulfonamides is 1. The van der Waals surface area contributed by atoms with Crippen LogP contribution in [0.15, 0.2) is 35.4 Å². The Morgan fingerprint density at radius 3 is 2.45 bits per heavy atom. The van der Waals surface area contributed by atoms with Crippen molar-refractivity contribution in [1.29, 1.82) is 0 Å². The van der Waals surface area contributed by atoms with Gasteiger partial charge in [0.1, 0.15) is 0 Å². The Hall–Kier alpha value is -1.70. The molecule has 1 aromatic heterocycles. The van der Waals surface area contributed by atoms with Crippen LogP contribution in [0.4, 0.5) is 0 Å². The molecule has 0 saturated heterocycles. The van der Waals surface area contributed by atoms with Crippen LogP contribution in [0.2, 0.25) is 0 Å². The number of aromatic nitrogens is 2. The molecule has 1 aromatic carbocycles. The summed E-state index contributed by atoms with van der Waals surface area (Å²) < 4.78 is 24.3. The van der Waals surface area contributed by atoms with Crippen molar-refractivity contribution in [2.75, 3.05) is 6.54 Å². The number of hydrogen-bond donors (Lipinski definition) is 2. The highest BCUT2D eigenvalue weighted by atomic mass is 32.2. The summed E-state index contributed by atoms with van der Waals surface area (Å²) in [6, 6.07) is 6.77. The van der Waals surface area contributed by atoms with Crippen molar-refractivity contribution < 1.29 is 8.42 Å². The van der Waals surface area contributed by atoms with E-state index in [0.717, 1.165) is 18.5 Å². The highest BCUT2D eigenvalue weighted by Crippen LogP contribution is 2.15. The van der Waals surface area contributed by atoms with Crippen molar-refractivity contribution >= 4 is 10.0 Å². The zero-order valence-corrected chi connectivity index (χ0v) is 13.9. The Labute approximate surface area is 131 Å². The van der Waals surface area contributed by atoms with E-state index < -0.39 is 10.0 Å². The molecule has 1 atom stereocenters. The molecule has 0 radical (unpaired) electrons. The van der Waals surface area contributed by atoms with Crippen LogP contribution in [0.5, 0.6) is 0 Å². The smallest absolute Gasteiger partial charge is 0.238 e. The molecular weight excluding hydrogens is 300 g/mol. The van der Waals surface area contributed by atoms with E-state index in [2.05, 4.69) is 17.3 Å². The van der Waals surface area contributed by atoms with Crippen LogP contribution in [-0.4, -0.2) is 24.7 Å². The number of primary sulfonamides is 1. The van der Waals surface area contributed by atoms with Crippen LogP contribution in [0.25, 0.3) is 0 Å². The molecule has 3 N–H and O–H groups in total. The third-order valence-electron chi connectivity index (χ3n) is 3.89. The molecule has 0 unspecified atom stereocenters. The average molecular weight is 322 g/mol. The van der Waals surface area contributed by atoms with E-state index >= 15 is 0 Å². The minimum absolute atomic E-state index is 0.131. The largest absolute Gasteiger partial charge is 0.310 e. The quantitative estimate of drug-likeness (QED) is 0.838. The summed E-state index contributed by atoms with van der Waals surface area (Å²) in [5.41, 5.74) is 3.43. The van der Waals surface area contributed by atoms with Crippen molar-refractivity contribution in [3.8, 4) is 0 Å². The van der Waals surface area contributed by atoms with E-state index in [1.165, 1.54) is 23.4 Å². The third kappa shape index (κ3) is 3.94. The zero-order valence-electron chi connectivity index (χ0n) is 13.1. The van der Waals surface area contributed by atoms with Gasteiger partial charge >= 0.3 is 0 Å². The van der Waals surface area contributed by atoms with Crippen LogP contribution in [0.1, 0.15) is 29.8 Å². The first-order chi connectivity index (χ1) is 10.3. The van der Waals surface area contributed by atoms with Gasteiger partial charge in [0.05, 0.1) is 11.1 Å². The number of rotatable bonds is 6. The summed E-state index contributed by atoms with van der Waals surface area (Å²) in [6.07, 6.45) is 2.79. The molecule has 0 fully saturated rings. The number of aryl methyl sites for hydroxylation is 1. The number of nitrogens with zero attached hydrogens (tertiary/aromatic N) is 2. The lowest BCUT2D eigenvalue weighted by Gasteiger charge is -2.14. The molecule has 7 heteroatoms. The zero-order chi connectivity index (χ0) is 16.3. The molecule has 2 rings (SSSR count). The molecule has 0 aliphatic rings. The van der Waals surface area contributed by atoms with Gasteiger partial charge in [-0.2, -0.15) is 5.10 Å². The van der Waals surface area contributed by atoms with Crippen molar-refractivity contribution in [1.82, 2.24) is 15.1 Å². The van der Waals surface area contributed by atoms with Gasteiger partial charge in [0.2, 0.25) is 10.0 Å². The first-order valence-electron chi connectivity index (χ1n) is 7.12. The van der Waals surface area contributed by atoms with Gasteiger partial charge < -0.3 is 5.32 Å². The highest BCUT2D eigenvalue weighted by molar-refractivity contribution is 7.89. The van der Waals surface area contributed by atoms with Crippen LogP contribution in [0, 0.1) is 6.92 Å². The molecule has 0 spiro atoms. The minimum Gasteiger partial charge on any atom is -0.310 e. The number of nitrogens with one attached hydrogen (secondary N) is 1. The topological polar surface area (TPSA) is 90.0 Å². The van der Waals surface area contributed by atoms with E-state index in [9.17, 15) is 8.42 Å². The molecule has 1 heterocycles. The average Bonchev–Trinajstić information content (AvgIpc) is 2.78. The molecule has 120 valence electrons. The number of hydrogen-bond acceptors (Lipinski definition) is 4. The molecule has 0 aliphatic heterocycles. The Bertz CT molecular complexity index is 735. The van der Waals surface area contributed by atoms with Crippen molar-refractivity contribution in [2.45, 2.75) is 31.2 Å². The first kappa shape index (κ1) is 16.7. The summed E-state index contributed by atoms with van der Waals surface area (Å²) in [6.45, 7) is 4.92. The maximum atomic E-state index is 11.2. The van der Waals surface area contributed by atoms with E-state index in [1.54, 1.807) is 12.1 Å². The minimum atomic E-state index is -3.63. The predicted octanol–water partition coefficient (Wildman–Crippen LogP) is 1.27. The summed E-state index contributed by atoms with van der Waals surface area (Å²) in [5, 5.41) is 12.7. The normalized spacial score (nSPS) is 13.3. The van der Waals surface area contributed by atoms with Gasteiger partial charge in [0, 0.05) is 18.8 Å². The third-order valence-corrected chi connectivity index (χ3v) is 4.82. The lowest BCUT2D eigenvalue weighted by molar-refractivity contribution is 0.575. The summed E-state index contributed by atoms with van der Waals surface area (Å²) in [5.74, 6) is 0. The Morgan fingerprint density at radius 2 is 1.95 bits per heavy atom. The molecular formula is C15H22N4O2S. The van der Waals surface area contributed by atoms with Crippen LogP contribution in [0.3, 0.4) is 0 Å². The van der Waals surface area contributed by atoms with Gasteiger partial charge in [0.15, 0.2) is 0 Å².